The molecule has 1 N–H and O–H groups in total. The Balaban J connectivity index is 1.42. The summed E-state index contributed by atoms with van der Waals surface area (Å²) in [4.78, 5) is 27.0. The fourth-order valence-electron chi connectivity index (χ4n) is 4.89. The van der Waals surface area contributed by atoms with Crippen molar-refractivity contribution >= 4 is 11.7 Å². The molecule has 0 aromatic carbocycles. The number of nitrogens with zero attached hydrogens (tertiary/aromatic N) is 5. The molecule has 0 saturated carbocycles. The molecule has 2 aromatic heterocycles. The average Bonchev–Trinajstić information content (AvgIpc) is 3.36. The summed E-state index contributed by atoms with van der Waals surface area (Å²) in [6.07, 6.45) is 6.37. The Bertz CT molecular complexity index is 914. The molecule has 7 heteroatoms. The molecule has 4 heterocycles. The van der Waals surface area contributed by atoms with Crippen LogP contribution in [0.15, 0.2) is 0 Å². The Morgan fingerprint density at radius 3 is 2.75 bits per heavy atom. The van der Waals surface area contributed by atoms with Crippen LogP contribution >= 0.6 is 0 Å². The lowest BCUT2D eigenvalue weighted by atomic mass is 9.87. The number of aromatic amines is 1. The first-order chi connectivity index (χ1) is 13.6. The molecule has 1 amide bonds. The van der Waals surface area contributed by atoms with E-state index in [-0.39, 0.29) is 5.91 Å². The van der Waals surface area contributed by atoms with Crippen LogP contribution < -0.4 is 4.90 Å². The maximum absolute atomic E-state index is 13.3. The lowest BCUT2D eigenvalue weighted by Gasteiger charge is -2.31. The van der Waals surface area contributed by atoms with Gasteiger partial charge in [0.15, 0.2) is 5.69 Å². The molecule has 28 heavy (non-hydrogen) atoms. The molecular formula is C21H28N6O. The van der Waals surface area contributed by atoms with Crippen molar-refractivity contribution in [2.24, 2.45) is 5.92 Å². The van der Waals surface area contributed by atoms with Gasteiger partial charge in [-0.2, -0.15) is 5.10 Å². The third kappa shape index (κ3) is 2.97. The maximum Gasteiger partial charge on any atom is 0.275 e. The lowest BCUT2D eigenvalue weighted by molar-refractivity contribution is 0.0724. The maximum atomic E-state index is 13.3. The monoisotopic (exact) mass is 380 g/mol. The highest BCUT2D eigenvalue weighted by atomic mass is 16.2. The highest BCUT2D eigenvalue weighted by Crippen LogP contribution is 2.31. The van der Waals surface area contributed by atoms with Gasteiger partial charge >= 0.3 is 0 Å². The zero-order chi connectivity index (χ0) is 19.3. The molecule has 0 spiro atoms. The topological polar surface area (TPSA) is 78.0 Å². The Labute approximate surface area is 165 Å². The van der Waals surface area contributed by atoms with Crippen LogP contribution in [0.5, 0.6) is 0 Å². The number of nitrogens with one attached hydrogen (secondary N) is 1. The number of aryl methyl sites for hydroxylation is 2. The number of fused-ring (bicyclic) bond motifs is 2. The molecule has 7 nitrogen and oxygen atoms in total. The van der Waals surface area contributed by atoms with Crippen molar-refractivity contribution in [1.82, 2.24) is 25.1 Å². The van der Waals surface area contributed by atoms with Gasteiger partial charge in [0.25, 0.3) is 5.91 Å². The Kier molecular flexibility index (Phi) is 4.33. The minimum Gasteiger partial charge on any atom is -0.356 e. The fourth-order valence-corrected chi connectivity index (χ4v) is 4.89. The molecule has 2 aliphatic heterocycles. The number of aromatic nitrogens is 4. The summed E-state index contributed by atoms with van der Waals surface area (Å²) in [7, 11) is 0. The van der Waals surface area contributed by atoms with E-state index >= 15 is 0 Å². The number of carbonyl (C=O) groups is 1. The molecule has 2 aromatic rings. The largest absolute Gasteiger partial charge is 0.356 e. The van der Waals surface area contributed by atoms with Crippen molar-refractivity contribution in [3.63, 3.8) is 0 Å². The average molecular weight is 380 g/mol. The smallest absolute Gasteiger partial charge is 0.275 e. The van der Waals surface area contributed by atoms with Crippen molar-refractivity contribution in [2.45, 2.75) is 58.9 Å². The summed E-state index contributed by atoms with van der Waals surface area (Å²) in [5.41, 5.74) is 5.14. The molecule has 1 fully saturated rings. The fraction of sp³-hybridized carbons (Fsp3) is 0.619. The van der Waals surface area contributed by atoms with E-state index in [1.54, 1.807) is 0 Å². The van der Waals surface area contributed by atoms with Gasteiger partial charge in [0.2, 0.25) is 0 Å². The molecule has 1 saturated heterocycles. The van der Waals surface area contributed by atoms with E-state index in [4.69, 9.17) is 9.97 Å². The molecule has 1 aliphatic carbocycles. The number of hydrogen-bond donors (Lipinski definition) is 1. The number of anilines is 1. The third-order valence-corrected chi connectivity index (χ3v) is 6.44. The van der Waals surface area contributed by atoms with E-state index < -0.39 is 0 Å². The number of carbonyl (C=O) groups excluding carboxylic acids is 1. The van der Waals surface area contributed by atoms with E-state index in [0.717, 1.165) is 67.4 Å². The van der Waals surface area contributed by atoms with E-state index in [1.807, 2.05) is 11.8 Å². The SMILES string of the molecule is Cc1nc2c(c(N3CCCC3)n1)CCN(C(=O)c1n[nH]c3c1C[C@@H](C)CC3)C2. The Morgan fingerprint density at radius 2 is 1.93 bits per heavy atom. The number of hydrogen-bond acceptors (Lipinski definition) is 5. The van der Waals surface area contributed by atoms with Crippen molar-refractivity contribution in [1.29, 1.82) is 0 Å². The zero-order valence-electron chi connectivity index (χ0n) is 16.8. The second kappa shape index (κ2) is 6.87. The highest BCUT2D eigenvalue weighted by Gasteiger charge is 2.32. The van der Waals surface area contributed by atoms with Crippen molar-refractivity contribution < 1.29 is 4.79 Å². The number of H-pyrrole nitrogens is 1. The van der Waals surface area contributed by atoms with Crippen LogP contribution in [0.2, 0.25) is 0 Å². The van der Waals surface area contributed by atoms with Gasteiger partial charge < -0.3 is 9.80 Å². The first kappa shape index (κ1) is 17.6. The Morgan fingerprint density at radius 1 is 1.11 bits per heavy atom. The number of amides is 1. The van der Waals surface area contributed by atoms with Crippen LogP contribution in [0.3, 0.4) is 0 Å². The van der Waals surface area contributed by atoms with Gasteiger partial charge in [-0.3, -0.25) is 9.89 Å². The van der Waals surface area contributed by atoms with Gasteiger partial charge in [0.1, 0.15) is 11.6 Å². The van der Waals surface area contributed by atoms with E-state index in [9.17, 15) is 4.79 Å². The molecule has 3 aliphatic rings. The van der Waals surface area contributed by atoms with Gasteiger partial charge in [0.05, 0.1) is 12.2 Å². The first-order valence-electron chi connectivity index (χ1n) is 10.6. The predicted molar refractivity (Wildman–Crippen MR) is 106 cm³/mol. The van der Waals surface area contributed by atoms with Gasteiger partial charge in [-0.05, 0) is 51.4 Å². The molecule has 1 atom stereocenters. The second-order valence-corrected chi connectivity index (χ2v) is 8.57. The van der Waals surface area contributed by atoms with Gasteiger partial charge in [-0.1, -0.05) is 6.92 Å². The van der Waals surface area contributed by atoms with E-state index in [0.29, 0.717) is 24.7 Å². The molecular weight excluding hydrogens is 352 g/mol. The molecule has 0 radical (unpaired) electrons. The molecule has 148 valence electrons. The summed E-state index contributed by atoms with van der Waals surface area (Å²) in [6, 6.07) is 0. The lowest BCUT2D eigenvalue weighted by Crippen LogP contribution is -2.38. The van der Waals surface area contributed by atoms with Gasteiger partial charge in [-0.25, -0.2) is 9.97 Å². The van der Waals surface area contributed by atoms with Crippen LogP contribution in [0.4, 0.5) is 5.82 Å². The van der Waals surface area contributed by atoms with Gasteiger partial charge in [-0.15, -0.1) is 0 Å². The molecule has 0 unspecified atom stereocenters. The summed E-state index contributed by atoms with van der Waals surface area (Å²) < 4.78 is 0. The number of rotatable bonds is 2. The minimum absolute atomic E-state index is 0.0382. The van der Waals surface area contributed by atoms with Crippen molar-refractivity contribution in [2.75, 3.05) is 24.5 Å². The molecule has 0 bridgehead atoms. The van der Waals surface area contributed by atoms with Crippen LogP contribution in [0.25, 0.3) is 0 Å². The summed E-state index contributed by atoms with van der Waals surface area (Å²) in [5, 5.41) is 7.52. The van der Waals surface area contributed by atoms with E-state index in [2.05, 4.69) is 22.0 Å². The molecule has 5 rings (SSSR count). The first-order valence-corrected chi connectivity index (χ1v) is 10.6. The van der Waals surface area contributed by atoms with Gasteiger partial charge in [0, 0.05) is 36.5 Å². The Hall–Kier alpha value is -2.44. The van der Waals surface area contributed by atoms with Crippen LogP contribution in [-0.4, -0.2) is 50.6 Å². The summed E-state index contributed by atoms with van der Waals surface area (Å²) in [5.74, 6) is 2.53. The normalized spacial score (nSPS) is 21.6. The van der Waals surface area contributed by atoms with E-state index in [1.165, 1.54) is 18.4 Å². The minimum atomic E-state index is 0.0382. The third-order valence-electron chi connectivity index (χ3n) is 6.44. The van der Waals surface area contributed by atoms with Crippen molar-refractivity contribution in [3.05, 3.63) is 34.0 Å². The second-order valence-electron chi connectivity index (χ2n) is 8.57. The quantitative estimate of drug-likeness (QED) is 0.866. The summed E-state index contributed by atoms with van der Waals surface area (Å²) in [6.45, 7) is 7.60. The standard InChI is InChI=1S/C21H28N6O/c1-13-5-6-17-16(11-13)19(25-24-17)21(28)27-10-7-15-18(12-27)22-14(2)23-20(15)26-8-3-4-9-26/h13H,3-12H2,1-2H3,(H,24,25)/t13-/m0/s1. The van der Waals surface area contributed by atoms with Crippen molar-refractivity contribution in [3.8, 4) is 0 Å². The summed E-state index contributed by atoms with van der Waals surface area (Å²) >= 11 is 0. The highest BCUT2D eigenvalue weighted by molar-refractivity contribution is 5.94. The predicted octanol–water partition coefficient (Wildman–Crippen LogP) is 2.43. The van der Waals surface area contributed by atoms with Crippen LogP contribution in [-0.2, 0) is 25.8 Å². The van der Waals surface area contributed by atoms with Crippen LogP contribution in [0.1, 0.15) is 65.0 Å². The van der Waals surface area contributed by atoms with Crippen LogP contribution in [0, 0.1) is 12.8 Å². The zero-order valence-corrected chi connectivity index (χ0v) is 16.8.